The molecule has 3 rings (SSSR count). The minimum absolute atomic E-state index is 0.0256. The summed E-state index contributed by atoms with van der Waals surface area (Å²) in [6, 6.07) is 10.4. The van der Waals surface area contributed by atoms with E-state index in [2.05, 4.69) is 10.2 Å². The predicted molar refractivity (Wildman–Crippen MR) is 105 cm³/mol. The summed E-state index contributed by atoms with van der Waals surface area (Å²) in [6.45, 7) is 6.50. The molecule has 0 radical (unpaired) electrons. The third-order valence-electron chi connectivity index (χ3n) is 4.73. The smallest absolute Gasteiger partial charge is 0.287 e. The first-order valence-electron chi connectivity index (χ1n) is 9.09. The second-order valence-corrected chi connectivity index (χ2v) is 7.40. The van der Waals surface area contributed by atoms with Gasteiger partial charge in [-0.25, -0.2) is 0 Å². The van der Waals surface area contributed by atoms with Crippen molar-refractivity contribution in [3.63, 3.8) is 0 Å². The zero-order valence-corrected chi connectivity index (χ0v) is 16.3. The lowest BCUT2D eigenvalue weighted by atomic mass is 10.0. The maximum atomic E-state index is 13.0. The number of anilines is 1. The van der Waals surface area contributed by atoms with Crippen LogP contribution in [0, 0.1) is 5.92 Å². The highest BCUT2D eigenvalue weighted by atomic mass is 35.5. The van der Waals surface area contributed by atoms with E-state index in [4.69, 9.17) is 16.0 Å². The molecule has 1 fully saturated rings. The van der Waals surface area contributed by atoms with Gasteiger partial charge in [0.2, 0.25) is 5.91 Å². The lowest BCUT2D eigenvalue weighted by Crippen LogP contribution is -2.56. The molecular formula is C20H24ClN3O3. The number of halogens is 1. The van der Waals surface area contributed by atoms with Gasteiger partial charge in [0.15, 0.2) is 5.76 Å². The fourth-order valence-corrected chi connectivity index (χ4v) is 3.37. The van der Waals surface area contributed by atoms with E-state index in [1.54, 1.807) is 12.1 Å². The largest absolute Gasteiger partial charge is 0.459 e. The minimum atomic E-state index is -0.583. The number of benzene rings is 1. The third-order valence-corrected chi connectivity index (χ3v) is 4.96. The van der Waals surface area contributed by atoms with Crippen molar-refractivity contribution in [2.75, 3.05) is 31.1 Å². The van der Waals surface area contributed by atoms with Crippen LogP contribution in [0.2, 0.25) is 5.02 Å². The van der Waals surface area contributed by atoms with Crippen LogP contribution in [-0.4, -0.2) is 48.9 Å². The highest BCUT2D eigenvalue weighted by Gasteiger charge is 2.31. The number of carbonyl (C=O) groups excluding carboxylic acids is 2. The Morgan fingerprint density at radius 3 is 2.44 bits per heavy atom. The highest BCUT2D eigenvalue weighted by Crippen LogP contribution is 2.21. The topological polar surface area (TPSA) is 65.8 Å². The van der Waals surface area contributed by atoms with Gasteiger partial charge in [-0.05, 0) is 36.2 Å². The average Bonchev–Trinajstić information content (AvgIpc) is 3.20. The zero-order chi connectivity index (χ0) is 19.4. The van der Waals surface area contributed by atoms with Crippen LogP contribution in [0.1, 0.15) is 24.4 Å². The first kappa shape index (κ1) is 19.3. The number of nitrogens with zero attached hydrogens (tertiary/aromatic N) is 2. The molecule has 0 saturated carbocycles. The van der Waals surface area contributed by atoms with E-state index in [9.17, 15) is 9.59 Å². The Morgan fingerprint density at radius 1 is 1.11 bits per heavy atom. The molecule has 1 aromatic carbocycles. The zero-order valence-electron chi connectivity index (χ0n) is 15.5. The number of furan rings is 1. The third kappa shape index (κ3) is 4.63. The second kappa shape index (κ2) is 8.48. The Morgan fingerprint density at radius 2 is 1.85 bits per heavy atom. The molecule has 1 atom stereocenters. The molecule has 2 aromatic rings. The lowest BCUT2D eigenvalue weighted by Gasteiger charge is -2.38. The Labute approximate surface area is 164 Å². The number of hydrogen-bond acceptors (Lipinski definition) is 4. The summed E-state index contributed by atoms with van der Waals surface area (Å²) < 4.78 is 5.12. The van der Waals surface area contributed by atoms with Gasteiger partial charge in [-0.15, -0.1) is 0 Å². The van der Waals surface area contributed by atoms with E-state index in [-0.39, 0.29) is 23.5 Å². The van der Waals surface area contributed by atoms with Crippen LogP contribution in [-0.2, 0) is 4.79 Å². The molecule has 1 aromatic heterocycles. The fourth-order valence-electron chi connectivity index (χ4n) is 3.19. The monoisotopic (exact) mass is 389 g/mol. The number of carbonyl (C=O) groups is 2. The van der Waals surface area contributed by atoms with Gasteiger partial charge in [-0.3, -0.25) is 9.59 Å². The van der Waals surface area contributed by atoms with E-state index in [1.807, 2.05) is 43.0 Å². The van der Waals surface area contributed by atoms with E-state index < -0.39 is 6.04 Å². The van der Waals surface area contributed by atoms with Gasteiger partial charge in [-0.2, -0.15) is 0 Å². The Hall–Kier alpha value is -2.47. The first-order valence-corrected chi connectivity index (χ1v) is 9.47. The lowest BCUT2D eigenvalue weighted by molar-refractivity contribution is -0.134. The highest BCUT2D eigenvalue weighted by molar-refractivity contribution is 6.30. The summed E-state index contributed by atoms with van der Waals surface area (Å²) in [5.74, 6) is -0.248. The summed E-state index contributed by atoms with van der Waals surface area (Å²) in [7, 11) is 0. The molecule has 0 aliphatic carbocycles. The molecule has 2 heterocycles. The van der Waals surface area contributed by atoms with E-state index in [1.165, 1.54) is 6.26 Å². The molecule has 0 spiro atoms. The maximum Gasteiger partial charge on any atom is 0.287 e. The second-order valence-electron chi connectivity index (χ2n) is 6.96. The Balaban J connectivity index is 1.61. The molecule has 27 heavy (non-hydrogen) atoms. The van der Waals surface area contributed by atoms with Gasteiger partial charge in [0, 0.05) is 36.9 Å². The fraction of sp³-hybridized carbons (Fsp3) is 0.400. The van der Waals surface area contributed by atoms with Gasteiger partial charge < -0.3 is 19.5 Å². The van der Waals surface area contributed by atoms with E-state index in [0.29, 0.717) is 18.1 Å². The maximum absolute atomic E-state index is 13.0. The van der Waals surface area contributed by atoms with Crippen LogP contribution in [0.25, 0.3) is 0 Å². The number of hydrogen-bond donors (Lipinski definition) is 1. The quantitative estimate of drug-likeness (QED) is 0.853. The summed E-state index contributed by atoms with van der Waals surface area (Å²) in [6.07, 6.45) is 1.44. The van der Waals surface area contributed by atoms with Crippen molar-refractivity contribution in [1.82, 2.24) is 10.2 Å². The van der Waals surface area contributed by atoms with Crippen molar-refractivity contribution < 1.29 is 14.0 Å². The molecule has 2 amide bonds. The Bertz CT molecular complexity index is 784. The van der Waals surface area contributed by atoms with Crippen molar-refractivity contribution in [3.8, 4) is 0 Å². The molecule has 144 valence electrons. The Kier molecular flexibility index (Phi) is 6.06. The van der Waals surface area contributed by atoms with Crippen LogP contribution in [0.3, 0.4) is 0 Å². The minimum Gasteiger partial charge on any atom is -0.459 e. The molecule has 1 N–H and O–H groups in total. The van der Waals surface area contributed by atoms with Crippen molar-refractivity contribution in [3.05, 3.63) is 53.4 Å². The van der Waals surface area contributed by atoms with Crippen LogP contribution in [0.4, 0.5) is 5.69 Å². The molecule has 1 aliphatic rings. The number of piperazine rings is 1. The van der Waals surface area contributed by atoms with Gasteiger partial charge in [-0.1, -0.05) is 31.5 Å². The number of rotatable bonds is 5. The SMILES string of the molecule is CC(C)C(NC(=O)c1ccco1)C(=O)N1CCN(c2cccc(Cl)c2)CC1. The van der Waals surface area contributed by atoms with Crippen LogP contribution in [0.5, 0.6) is 0 Å². The van der Waals surface area contributed by atoms with Gasteiger partial charge in [0.05, 0.1) is 6.26 Å². The summed E-state index contributed by atoms with van der Waals surface area (Å²) in [4.78, 5) is 29.3. The summed E-state index contributed by atoms with van der Waals surface area (Å²) in [5.41, 5.74) is 1.06. The summed E-state index contributed by atoms with van der Waals surface area (Å²) >= 11 is 6.07. The number of nitrogens with one attached hydrogen (secondary N) is 1. The number of amides is 2. The van der Waals surface area contributed by atoms with Gasteiger partial charge >= 0.3 is 0 Å². The molecule has 7 heteroatoms. The molecule has 0 bridgehead atoms. The van der Waals surface area contributed by atoms with E-state index >= 15 is 0 Å². The van der Waals surface area contributed by atoms with Crippen molar-refractivity contribution in [2.24, 2.45) is 5.92 Å². The normalized spacial score (nSPS) is 15.7. The molecule has 1 saturated heterocycles. The predicted octanol–water partition coefficient (Wildman–Crippen LogP) is 3.04. The van der Waals surface area contributed by atoms with E-state index in [0.717, 1.165) is 18.8 Å². The molecule has 6 nitrogen and oxygen atoms in total. The molecule has 1 aliphatic heterocycles. The standard InChI is InChI=1S/C20H24ClN3O3/c1-14(2)18(22-19(25)17-7-4-12-27-17)20(26)24-10-8-23(9-11-24)16-6-3-5-15(21)13-16/h3-7,12-14,18H,8-11H2,1-2H3,(H,22,25). The van der Waals surface area contributed by atoms with Crippen LogP contribution in [0.15, 0.2) is 47.1 Å². The van der Waals surface area contributed by atoms with Crippen LogP contribution < -0.4 is 10.2 Å². The van der Waals surface area contributed by atoms with Gasteiger partial charge in [0.1, 0.15) is 6.04 Å². The van der Waals surface area contributed by atoms with Crippen molar-refractivity contribution in [1.29, 1.82) is 0 Å². The van der Waals surface area contributed by atoms with Crippen molar-refractivity contribution in [2.45, 2.75) is 19.9 Å². The average molecular weight is 390 g/mol. The first-order chi connectivity index (χ1) is 13.0. The molecular weight excluding hydrogens is 366 g/mol. The van der Waals surface area contributed by atoms with Gasteiger partial charge in [0.25, 0.3) is 5.91 Å². The van der Waals surface area contributed by atoms with Crippen molar-refractivity contribution >= 4 is 29.1 Å². The summed E-state index contributed by atoms with van der Waals surface area (Å²) in [5, 5.41) is 3.51. The molecule has 1 unspecified atom stereocenters. The van der Waals surface area contributed by atoms with Crippen LogP contribution >= 0.6 is 11.6 Å².